The van der Waals surface area contributed by atoms with Gasteiger partial charge in [-0.3, -0.25) is 0 Å². The summed E-state index contributed by atoms with van der Waals surface area (Å²) in [5.41, 5.74) is 0.556. The maximum absolute atomic E-state index is 10.7. The molecule has 0 unspecified atom stereocenters. The first kappa shape index (κ1) is 10.8. The molecular weight excluding hydrogens is 220 g/mol. The summed E-state index contributed by atoms with van der Waals surface area (Å²) in [6.45, 7) is 0.323. The summed E-state index contributed by atoms with van der Waals surface area (Å²) in [5, 5.41) is 17.6. The van der Waals surface area contributed by atoms with Gasteiger partial charge in [-0.25, -0.2) is 14.8 Å². The second-order valence-electron chi connectivity index (χ2n) is 3.31. The van der Waals surface area contributed by atoms with Crippen molar-refractivity contribution in [3.63, 3.8) is 0 Å². The van der Waals surface area contributed by atoms with Crippen molar-refractivity contribution in [3.05, 3.63) is 47.8 Å². The SMILES string of the molecule is N#Cc1nccn1Cc1cccc(C(=O)O)n1. The van der Waals surface area contributed by atoms with E-state index in [-0.39, 0.29) is 11.5 Å². The lowest BCUT2D eigenvalue weighted by atomic mass is 10.3. The molecule has 0 aliphatic rings. The maximum atomic E-state index is 10.7. The van der Waals surface area contributed by atoms with Crippen molar-refractivity contribution in [1.29, 1.82) is 5.26 Å². The van der Waals surface area contributed by atoms with Crippen LogP contribution in [-0.4, -0.2) is 25.6 Å². The molecule has 2 heterocycles. The predicted molar refractivity (Wildman–Crippen MR) is 57.2 cm³/mol. The van der Waals surface area contributed by atoms with Gasteiger partial charge in [-0.15, -0.1) is 0 Å². The van der Waals surface area contributed by atoms with E-state index in [2.05, 4.69) is 9.97 Å². The second kappa shape index (κ2) is 4.45. The van der Waals surface area contributed by atoms with Crippen LogP contribution in [0, 0.1) is 11.3 Å². The van der Waals surface area contributed by atoms with Crippen LogP contribution in [0.2, 0.25) is 0 Å². The molecule has 2 rings (SSSR count). The molecular formula is C11H8N4O2. The van der Waals surface area contributed by atoms with Crippen LogP contribution in [0.25, 0.3) is 0 Å². The Kier molecular flexibility index (Phi) is 2.83. The van der Waals surface area contributed by atoms with Gasteiger partial charge in [0.15, 0.2) is 0 Å². The van der Waals surface area contributed by atoms with E-state index in [9.17, 15) is 4.79 Å². The van der Waals surface area contributed by atoms with E-state index in [1.165, 1.54) is 12.3 Å². The molecule has 84 valence electrons. The summed E-state index contributed by atoms with van der Waals surface area (Å²) < 4.78 is 1.61. The smallest absolute Gasteiger partial charge is 0.354 e. The fraction of sp³-hybridized carbons (Fsp3) is 0.0909. The van der Waals surface area contributed by atoms with Gasteiger partial charge in [0.25, 0.3) is 0 Å². The molecule has 0 aliphatic heterocycles. The Morgan fingerprint density at radius 1 is 1.53 bits per heavy atom. The van der Waals surface area contributed by atoms with E-state index < -0.39 is 5.97 Å². The molecule has 0 saturated heterocycles. The first-order valence-corrected chi connectivity index (χ1v) is 4.81. The van der Waals surface area contributed by atoms with Crippen LogP contribution < -0.4 is 0 Å². The number of nitrogens with zero attached hydrogens (tertiary/aromatic N) is 4. The molecule has 1 N–H and O–H groups in total. The van der Waals surface area contributed by atoms with Crippen molar-refractivity contribution in [2.45, 2.75) is 6.54 Å². The van der Waals surface area contributed by atoms with E-state index in [1.807, 2.05) is 6.07 Å². The molecule has 0 radical (unpaired) electrons. The van der Waals surface area contributed by atoms with Crippen LogP contribution in [0.1, 0.15) is 22.0 Å². The number of pyridine rings is 1. The molecule has 0 amide bonds. The molecule has 0 aromatic carbocycles. The number of imidazole rings is 1. The van der Waals surface area contributed by atoms with Gasteiger partial charge in [0.05, 0.1) is 12.2 Å². The minimum Gasteiger partial charge on any atom is -0.477 e. The molecule has 0 spiro atoms. The van der Waals surface area contributed by atoms with Crippen LogP contribution in [0.4, 0.5) is 0 Å². The zero-order valence-electron chi connectivity index (χ0n) is 8.74. The Hall–Kier alpha value is -2.68. The van der Waals surface area contributed by atoms with Crippen molar-refractivity contribution in [1.82, 2.24) is 14.5 Å². The van der Waals surface area contributed by atoms with E-state index in [1.54, 1.807) is 22.9 Å². The molecule has 17 heavy (non-hydrogen) atoms. The molecule has 6 nitrogen and oxygen atoms in total. The van der Waals surface area contributed by atoms with Crippen molar-refractivity contribution >= 4 is 5.97 Å². The number of carbonyl (C=O) groups is 1. The minimum absolute atomic E-state index is 0.0128. The third-order valence-corrected chi connectivity index (χ3v) is 2.17. The Balaban J connectivity index is 2.28. The van der Waals surface area contributed by atoms with Gasteiger partial charge in [0.2, 0.25) is 5.82 Å². The van der Waals surface area contributed by atoms with Crippen LogP contribution in [0.3, 0.4) is 0 Å². The number of carboxylic acids is 1. The largest absolute Gasteiger partial charge is 0.477 e. The lowest BCUT2D eigenvalue weighted by Crippen LogP contribution is -2.07. The van der Waals surface area contributed by atoms with Crippen LogP contribution in [-0.2, 0) is 6.54 Å². The highest BCUT2D eigenvalue weighted by molar-refractivity contribution is 5.85. The van der Waals surface area contributed by atoms with Crippen molar-refractivity contribution in [2.75, 3.05) is 0 Å². The van der Waals surface area contributed by atoms with Crippen molar-refractivity contribution in [2.24, 2.45) is 0 Å². The number of hydrogen-bond donors (Lipinski definition) is 1. The monoisotopic (exact) mass is 228 g/mol. The van der Waals surface area contributed by atoms with Crippen molar-refractivity contribution in [3.8, 4) is 6.07 Å². The number of nitriles is 1. The Bertz CT molecular complexity index is 598. The van der Waals surface area contributed by atoms with Crippen LogP contribution >= 0.6 is 0 Å². The molecule has 2 aromatic heterocycles. The highest BCUT2D eigenvalue weighted by Crippen LogP contribution is 2.04. The molecule has 0 saturated carbocycles. The first-order chi connectivity index (χ1) is 8.20. The summed E-state index contributed by atoms with van der Waals surface area (Å²) in [5.74, 6) is -0.800. The Labute approximate surface area is 96.8 Å². The zero-order chi connectivity index (χ0) is 12.3. The molecule has 6 heteroatoms. The van der Waals surface area contributed by atoms with E-state index >= 15 is 0 Å². The second-order valence-corrected chi connectivity index (χ2v) is 3.31. The van der Waals surface area contributed by atoms with Gasteiger partial charge in [-0.2, -0.15) is 5.26 Å². The minimum atomic E-state index is -1.07. The summed E-state index contributed by atoms with van der Waals surface area (Å²) in [7, 11) is 0. The first-order valence-electron chi connectivity index (χ1n) is 4.81. The third kappa shape index (κ3) is 2.29. The van der Waals surface area contributed by atoms with Gasteiger partial charge in [-0.05, 0) is 12.1 Å². The molecule has 2 aromatic rings. The van der Waals surface area contributed by atoms with E-state index in [0.717, 1.165) is 0 Å². The standard InChI is InChI=1S/C11H8N4O2/c12-6-10-13-4-5-15(10)7-8-2-1-3-9(14-8)11(16)17/h1-5H,7H2,(H,16,17). The number of hydrogen-bond acceptors (Lipinski definition) is 4. The highest BCUT2D eigenvalue weighted by Gasteiger charge is 2.07. The quantitative estimate of drug-likeness (QED) is 0.842. The predicted octanol–water partition coefficient (Wildman–Crippen LogP) is 0.896. The van der Waals surface area contributed by atoms with Crippen molar-refractivity contribution < 1.29 is 9.90 Å². The number of rotatable bonds is 3. The topological polar surface area (TPSA) is 91.8 Å². The third-order valence-electron chi connectivity index (χ3n) is 2.17. The molecule has 0 bridgehead atoms. The molecule has 0 atom stereocenters. The summed E-state index contributed by atoms with van der Waals surface area (Å²) >= 11 is 0. The number of aromatic nitrogens is 3. The molecule has 0 aliphatic carbocycles. The summed E-state index contributed by atoms with van der Waals surface area (Å²) in [6, 6.07) is 6.68. The highest BCUT2D eigenvalue weighted by atomic mass is 16.4. The number of aromatic carboxylic acids is 1. The number of carboxylic acid groups (broad SMARTS) is 1. The summed E-state index contributed by atoms with van der Waals surface area (Å²) in [4.78, 5) is 18.6. The molecule has 0 fully saturated rings. The zero-order valence-corrected chi connectivity index (χ0v) is 8.74. The lowest BCUT2D eigenvalue weighted by Gasteiger charge is -2.03. The maximum Gasteiger partial charge on any atom is 0.354 e. The lowest BCUT2D eigenvalue weighted by molar-refractivity contribution is 0.0690. The van der Waals surface area contributed by atoms with Crippen LogP contribution in [0.15, 0.2) is 30.6 Å². The summed E-state index contributed by atoms with van der Waals surface area (Å²) in [6.07, 6.45) is 3.16. The fourth-order valence-corrected chi connectivity index (χ4v) is 1.41. The van der Waals surface area contributed by atoms with Crippen LogP contribution in [0.5, 0.6) is 0 Å². The normalized spacial score (nSPS) is 9.82. The fourth-order valence-electron chi connectivity index (χ4n) is 1.41. The van der Waals surface area contributed by atoms with Gasteiger partial charge >= 0.3 is 5.97 Å². The van der Waals surface area contributed by atoms with E-state index in [4.69, 9.17) is 10.4 Å². The van der Waals surface area contributed by atoms with Gasteiger partial charge < -0.3 is 9.67 Å². The Morgan fingerprint density at radius 3 is 3.06 bits per heavy atom. The average molecular weight is 228 g/mol. The van der Waals surface area contributed by atoms with Gasteiger partial charge in [0.1, 0.15) is 11.8 Å². The van der Waals surface area contributed by atoms with Gasteiger partial charge in [0, 0.05) is 12.4 Å². The Morgan fingerprint density at radius 2 is 2.35 bits per heavy atom. The van der Waals surface area contributed by atoms with Gasteiger partial charge in [-0.1, -0.05) is 6.07 Å². The van der Waals surface area contributed by atoms with E-state index in [0.29, 0.717) is 12.2 Å². The average Bonchev–Trinajstić information content (AvgIpc) is 2.76.